The number of nitrogens with one attached hydrogen (secondary N) is 1. The van der Waals surface area contributed by atoms with Crippen LogP contribution in [0.25, 0.3) is 15.8 Å². The van der Waals surface area contributed by atoms with Gasteiger partial charge in [-0.2, -0.15) is 0 Å². The molecule has 0 aliphatic rings. The Morgan fingerprint density at radius 1 is 1.17 bits per heavy atom. The molecule has 0 fully saturated rings. The lowest BCUT2D eigenvalue weighted by atomic mass is 10.2. The third kappa shape index (κ3) is 3.26. The van der Waals surface area contributed by atoms with Crippen LogP contribution in [0.5, 0.6) is 0 Å². The number of aromatic nitrogens is 1. The molecule has 2 heterocycles. The van der Waals surface area contributed by atoms with Gasteiger partial charge in [0.25, 0.3) is 0 Å². The lowest BCUT2D eigenvalue weighted by Gasteiger charge is -2.12. The van der Waals surface area contributed by atoms with E-state index in [1.165, 1.54) is 21.5 Å². The van der Waals surface area contributed by atoms with Gasteiger partial charge in [-0.05, 0) is 39.2 Å². The number of hydrogen-bond donors (Lipinski definition) is 1. The number of likely N-dealkylation sites (N-methyl/N-ethyl adjacent to an activating group) is 1. The first-order valence-corrected chi connectivity index (χ1v) is 8.52. The van der Waals surface area contributed by atoms with Crippen molar-refractivity contribution in [2.45, 2.75) is 6.92 Å². The molecule has 1 N–H and O–H groups in total. The summed E-state index contributed by atoms with van der Waals surface area (Å²) in [5, 5.41) is 4.81. The van der Waals surface area contributed by atoms with Crippen LogP contribution in [-0.4, -0.2) is 36.7 Å². The van der Waals surface area contributed by atoms with Gasteiger partial charge in [-0.3, -0.25) is 0 Å². The molecule has 0 bridgehead atoms. The van der Waals surface area contributed by atoms with Crippen LogP contribution >= 0.6 is 11.3 Å². The van der Waals surface area contributed by atoms with E-state index in [9.17, 15) is 0 Å². The highest BCUT2D eigenvalue weighted by Gasteiger charge is 2.14. The van der Waals surface area contributed by atoms with Crippen LogP contribution in [-0.2, 0) is 0 Å². The standard InChI is InChI=1S/C19H21N3S/c1-4-8-17-18(22-12-5-6-13-22)15-9-7-10-16(19(15)23-17)20-11-14-21(2)3/h5-7,9-10,12-13,20H,11,14H2,1-3H3. The van der Waals surface area contributed by atoms with Crippen molar-refractivity contribution in [2.75, 3.05) is 32.5 Å². The molecule has 4 heteroatoms. The summed E-state index contributed by atoms with van der Waals surface area (Å²) in [7, 11) is 4.18. The van der Waals surface area contributed by atoms with E-state index in [0.717, 1.165) is 18.0 Å². The summed E-state index contributed by atoms with van der Waals surface area (Å²) in [6.45, 7) is 3.82. The number of fused-ring (bicyclic) bond motifs is 1. The Kier molecular flexibility index (Phi) is 4.71. The van der Waals surface area contributed by atoms with Gasteiger partial charge in [-0.1, -0.05) is 18.1 Å². The summed E-state index contributed by atoms with van der Waals surface area (Å²) in [6.07, 6.45) is 4.16. The van der Waals surface area contributed by atoms with Crippen molar-refractivity contribution in [3.63, 3.8) is 0 Å². The molecule has 0 spiro atoms. The minimum absolute atomic E-state index is 0.928. The van der Waals surface area contributed by atoms with Crippen LogP contribution in [0, 0.1) is 11.8 Å². The molecule has 0 aliphatic heterocycles. The van der Waals surface area contributed by atoms with Crippen LogP contribution < -0.4 is 5.32 Å². The Balaban J connectivity index is 2.08. The van der Waals surface area contributed by atoms with Crippen molar-refractivity contribution in [3.05, 3.63) is 47.6 Å². The zero-order valence-electron chi connectivity index (χ0n) is 13.8. The topological polar surface area (TPSA) is 20.2 Å². The maximum absolute atomic E-state index is 3.56. The fraction of sp³-hybridized carbons (Fsp3) is 0.263. The van der Waals surface area contributed by atoms with Gasteiger partial charge in [-0.15, -0.1) is 17.3 Å². The third-order valence-electron chi connectivity index (χ3n) is 3.66. The maximum Gasteiger partial charge on any atom is 0.102 e. The lowest BCUT2D eigenvalue weighted by Crippen LogP contribution is -2.20. The van der Waals surface area contributed by atoms with Crippen molar-refractivity contribution >= 4 is 27.1 Å². The first-order valence-electron chi connectivity index (χ1n) is 7.71. The van der Waals surface area contributed by atoms with Gasteiger partial charge in [0, 0.05) is 30.9 Å². The van der Waals surface area contributed by atoms with Gasteiger partial charge < -0.3 is 14.8 Å². The minimum Gasteiger partial charge on any atom is -0.383 e. The Morgan fingerprint density at radius 3 is 2.65 bits per heavy atom. The fourth-order valence-electron chi connectivity index (χ4n) is 2.60. The van der Waals surface area contributed by atoms with E-state index in [1.807, 2.05) is 19.1 Å². The van der Waals surface area contributed by atoms with E-state index in [1.54, 1.807) is 11.3 Å². The van der Waals surface area contributed by atoms with Gasteiger partial charge >= 0.3 is 0 Å². The molecule has 0 unspecified atom stereocenters. The number of hydrogen-bond acceptors (Lipinski definition) is 3. The van der Waals surface area contributed by atoms with Crippen molar-refractivity contribution in [1.82, 2.24) is 9.47 Å². The third-order valence-corrected chi connectivity index (χ3v) is 4.81. The predicted molar refractivity (Wildman–Crippen MR) is 101 cm³/mol. The second kappa shape index (κ2) is 6.91. The van der Waals surface area contributed by atoms with Gasteiger partial charge in [0.05, 0.1) is 16.1 Å². The number of benzene rings is 1. The van der Waals surface area contributed by atoms with E-state index in [4.69, 9.17) is 0 Å². The SMILES string of the molecule is CC#Cc1sc2c(NCCN(C)C)cccc2c1-n1cccc1. The molecular weight excluding hydrogens is 302 g/mol. The molecule has 0 aliphatic carbocycles. The van der Waals surface area contributed by atoms with Crippen LogP contribution in [0.15, 0.2) is 42.7 Å². The first-order chi connectivity index (χ1) is 11.2. The number of thiophene rings is 1. The molecule has 118 valence electrons. The van der Waals surface area contributed by atoms with Crippen LogP contribution in [0.2, 0.25) is 0 Å². The first kappa shape index (κ1) is 15.7. The van der Waals surface area contributed by atoms with Crippen molar-refractivity contribution < 1.29 is 0 Å². The molecule has 0 radical (unpaired) electrons. The average molecular weight is 323 g/mol. The molecule has 3 rings (SSSR count). The predicted octanol–water partition coefficient (Wildman–Crippen LogP) is 4.04. The highest BCUT2D eigenvalue weighted by atomic mass is 32.1. The van der Waals surface area contributed by atoms with Crippen molar-refractivity contribution in [3.8, 4) is 17.5 Å². The van der Waals surface area contributed by atoms with E-state index < -0.39 is 0 Å². The van der Waals surface area contributed by atoms with E-state index in [0.29, 0.717) is 0 Å². The Hall–Kier alpha value is -2.22. The maximum atomic E-state index is 3.56. The largest absolute Gasteiger partial charge is 0.383 e. The average Bonchev–Trinajstić information content (AvgIpc) is 3.14. The second-order valence-corrected chi connectivity index (χ2v) is 6.68. The summed E-state index contributed by atoms with van der Waals surface area (Å²) in [5.41, 5.74) is 2.37. The molecule has 0 amide bonds. The number of rotatable bonds is 5. The molecule has 1 aromatic carbocycles. The molecule has 0 saturated carbocycles. The van der Waals surface area contributed by atoms with Gasteiger partial charge in [-0.25, -0.2) is 0 Å². The van der Waals surface area contributed by atoms with Crippen LogP contribution in [0.1, 0.15) is 11.8 Å². The minimum atomic E-state index is 0.928. The van der Waals surface area contributed by atoms with Crippen molar-refractivity contribution in [1.29, 1.82) is 0 Å². The molecule has 2 aromatic heterocycles. The number of anilines is 1. The second-order valence-electron chi connectivity index (χ2n) is 5.66. The van der Waals surface area contributed by atoms with Gasteiger partial charge in [0.1, 0.15) is 4.88 Å². The molecule has 3 aromatic rings. The lowest BCUT2D eigenvalue weighted by molar-refractivity contribution is 0.425. The Labute approximate surface area is 141 Å². The summed E-state index contributed by atoms with van der Waals surface area (Å²) < 4.78 is 3.43. The zero-order chi connectivity index (χ0) is 16.2. The zero-order valence-corrected chi connectivity index (χ0v) is 14.6. The highest BCUT2D eigenvalue weighted by Crippen LogP contribution is 2.38. The van der Waals surface area contributed by atoms with Crippen molar-refractivity contribution in [2.24, 2.45) is 0 Å². The van der Waals surface area contributed by atoms with Crippen LogP contribution in [0.3, 0.4) is 0 Å². The Bertz CT molecular complexity index is 848. The van der Waals surface area contributed by atoms with Gasteiger partial charge in [0.2, 0.25) is 0 Å². The summed E-state index contributed by atoms with van der Waals surface area (Å²) >= 11 is 1.76. The molecule has 0 saturated heterocycles. The molecule has 3 nitrogen and oxygen atoms in total. The highest BCUT2D eigenvalue weighted by molar-refractivity contribution is 7.20. The van der Waals surface area contributed by atoms with Gasteiger partial charge in [0.15, 0.2) is 0 Å². The smallest absolute Gasteiger partial charge is 0.102 e. The normalized spacial score (nSPS) is 10.8. The summed E-state index contributed by atoms with van der Waals surface area (Å²) in [5.74, 6) is 6.31. The summed E-state index contributed by atoms with van der Waals surface area (Å²) in [6, 6.07) is 10.5. The quantitative estimate of drug-likeness (QED) is 0.715. The summed E-state index contributed by atoms with van der Waals surface area (Å²) in [4.78, 5) is 3.29. The fourth-order valence-corrected chi connectivity index (χ4v) is 3.79. The van der Waals surface area contributed by atoms with E-state index in [2.05, 4.69) is 71.3 Å². The Morgan fingerprint density at radius 2 is 1.96 bits per heavy atom. The molecule has 23 heavy (non-hydrogen) atoms. The molecule has 0 atom stereocenters. The van der Waals surface area contributed by atoms with Crippen LogP contribution in [0.4, 0.5) is 5.69 Å². The molecular formula is C19H21N3S. The number of nitrogens with zero attached hydrogens (tertiary/aromatic N) is 2. The monoisotopic (exact) mass is 323 g/mol. The van der Waals surface area contributed by atoms with E-state index in [-0.39, 0.29) is 0 Å². The van der Waals surface area contributed by atoms with E-state index >= 15 is 0 Å².